The van der Waals surface area contributed by atoms with Gasteiger partial charge in [-0.1, -0.05) is 68.4 Å². The molecule has 0 aliphatic heterocycles. The molecule has 0 atom stereocenters. The Labute approximate surface area is 182 Å². The van der Waals surface area contributed by atoms with E-state index in [0.29, 0.717) is 36.7 Å². The predicted molar refractivity (Wildman–Crippen MR) is 120 cm³/mol. The van der Waals surface area contributed by atoms with Crippen LogP contribution in [-0.2, 0) is 11.4 Å². The number of fused-ring (bicyclic) bond motifs is 1. The second-order valence-electron chi connectivity index (χ2n) is 8.54. The minimum Gasteiger partial charge on any atom is -0.487 e. The molecule has 0 bridgehead atoms. The summed E-state index contributed by atoms with van der Waals surface area (Å²) in [5.74, 6) is -0.474. The van der Waals surface area contributed by atoms with Gasteiger partial charge in [-0.2, -0.15) is 0 Å². The first-order valence-corrected chi connectivity index (χ1v) is 10.7. The third-order valence-electron chi connectivity index (χ3n) is 6.12. The number of carbonyl (C=O) groups is 2. The molecule has 0 radical (unpaired) electrons. The van der Waals surface area contributed by atoms with Crippen molar-refractivity contribution in [2.75, 3.05) is 0 Å². The summed E-state index contributed by atoms with van der Waals surface area (Å²) in [5, 5.41) is 14.1. The molecule has 3 aromatic rings. The second kappa shape index (κ2) is 8.42. The first-order chi connectivity index (χ1) is 14.9. The molecule has 1 aliphatic carbocycles. The highest BCUT2D eigenvalue weighted by Gasteiger charge is 2.46. The number of carboxylic acid groups (broad SMARTS) is 1. The Kier molecular flexibility index (Phi) is 5.68. The summed E-state index contributed by atoms with van der Waals surface area (Å²) in [6.07, 6.45) is 1.68. The molecule has 0 saturated heterocycles. The van der Waals surface area contributed by atoms with Gasteiger partial charge in [-0.25, -0.2) is 4.79 Å². The van der Waals surface area contributed by atoms with E-state index in [2.05, 4.69) is 31.3 Å². The van der Waals surface area contributed by atoms with Gasteiger partial charge in [-0.05, 0) is 47.8 Å². The molecule has 160 valence electrons. The van der Waals surface area contributed by atoms with E-state index < -0.39 is 17.4 Å². The minimum absolute atomic E-state index is 0.316. The van der Waals surface area contributed by atoms with Gasteiger partial charge in [-0.15, -0.1) is 0 Å². The van der Waals surface area contributed by atoms with Crippen LogP contribution in [0, 0.1) is 0 Å². The summed E-state index contributed by atoms with van der Waals surface area (Å²) in [6, 6.07) is 19.5. The van der Waals surface area contributed by atoms with E-state index in [9.17, 15) is 14.7 Å². The van der Waals surface area contributed by atoms with Gasteiger partial charge in [0.05, 0.1) is 5.56 Å². The summed E-state index contributed by atoms with van der Waals surface area (Å²) < 4.78 is 6.18. The van der Waals surface area contributed by atoms with Gasteiger partial charge >= 0.3 is 5.97 Å². The van der Waals surface area contributed by atoms with Crippen molar-refractivity contribution in [2.24, 2.45) is 0 Å². The Morgan fingerprint density at radius 2 is 1.74 bits per heavy atom. The Balaban J connectivity index is 1.64. The smallest absolute Gasteiger partial charge is 0.329 e. The molecule has 4 rings (SSSR count). The molecule has 5 nitrogen and oxygen atoms in total. The predicted octanol–water partition coefficient (Wildman–Crippen LogP) is 5.28. The van der Waals surface area contributed by atoms with Crippen molar-refractivity contribution in [3.05, 3.63) is 77.4 Å². The van der Waals surface area contributed by atoms with Crippen LogP contribution in [0.3, 0.4) is 0 Å². The third-order valence-corrected chi connectivity index (χ3v) is 6.12. The minimum atomic E-state index is -1.17. The second-order valence-corrected chi connectivity index (χ2v) is 8.54. The molecule has 0 spiro atoms. The zero-order valence-electron chi connectivity index (χ0n) is 17.9. The van der Waals surface area contributed by atoms with Crippen LogP contribution in [0.25, 0.3) is 10.8 Å². The van der Waals surface area contributed by atoms with Crippen molar-refractivity contribution >= 4 is 22.6 Å². The zero-order valence-corrected chi connectivity index (χ0v) is 17.9. The van der Waals surface area contributed by atoms with E-state index in [1.54, 1.807) is 6.07 Å². The summed E-state index contributed by atoms with van der Waals surface area (Å²) in [5.41, 5.74) is 1.44. The van der Waals surface area contributed by atoms with Crippen LogP contribution in [0.1, 0.15) is 60.5 Å². The third kappa shape index (κ3) is 4.13. The summed E-state index contributed by atoms with van der Waals surface area (Å²) >= 11 is 0. The lowest BCUT2D eigenvalue weighted by molar-refractivity contribution is -0.148. The number of aliphatic carboxylic acids is 1. The molecular formula is C26H27NO4. The van der Waals surface area contributed by atoms with Crippen LogP contribution in [0.15, 0.2) is 60.7 Å². The average molecular weight is 418 g/mol. The topological polar surface area (TPSA) is 75.6 Å². The number of ether oxygens (including phenoxy) is 1. The van der Waals surface area contributed by atoms with E-state index in [-0.39, 0.29) is 0 Å². The van der Waals surface area contributed by atoms with E-state index in [1.165, 1.54) is 5.56 Å². The molecule has 1 saturated carbocycles. The zero-order chi connectivity index (χ0) is 22.0. The monoisotopic (exact) mass is 417 g/mol. The fourth-order valence-electron chi connectivity index (χ4n) is 3.94. The van der Waals surface area contributed by atoms with E-state index in [4.69, 9.17) is 4.74 Å². The van der Waals surface area contributed by atoms with Crippen molar-refractivity contribution in [3.8, 4) is 5.75 Å². The molecule has 0 unspecified atom stereocenters. The van der Waals surface area contributed by atoms with Gasteiger partial charge in [0.25, 0.3) is 5.91 Å². The molecule has 3 aromatic carbocycles. The number of benzene rings is 3. The van der Waals surface area contributed by atoms with Gasteiger partial charge in [0, 0.05) is 5.39 Å². The Hall–Kier alpha value is -3.34. The normalized spacial score (nSPS) is 14.8. The van der Waals surface area contributed by atoms with Crippen molar-refractivity contribution < 1.29 is 19.4 Å². The van der Waals surface area contributed by atoms with E-state index in [0.717, 1.165) is 22.8 Å². The van der Waals surface area contributed by atoms with Crippen molar-refractivity contribution in [1.29, 1.82) is 0 Å². The standard InChI is InChI=1S/C26H27NO4/c1-17(2)19-10-8-18(9-11-19)16-31-23-21-7-4-3-6-20(21)12-13-22(23)24(28)27-26(25(29)30)14-5-15-26/h3-4,6-13,17H,5,14-16H2,1-2H3,(H,27,28)(H,29,30). The molecular weight excluding hydrogens is 390 g/mol. The molecule has 31 heavy (non-hydrogen) atoms. The Morgan fingerprint density at radius 3 is 2.35 bits per heavy atom. The first kappa shape index (κ1) is 20.9. The lowest BCUT2D eigenvalue weighted by Gasteiger charge is -2.38. The summed E-state index contributed by atoms with van der Waals surface area (Å²) in [7, 11) is 0. The van der Waals surface area contributed by atoms with Crippen LogP contribution in [0.5, 0.6) is 5.75 Å². The fourth-order valence-corrected chi connectivity index (χ4v) is 3.94. The summed E-state index contributed by atoms with van der Waals surface area (Å²) in [6.45, 7) is 4.62. The number of nitrogens with one attached hydrogen (secondary N) is 1. The van der Waals surface area contributed by atoms with Crippen molar-refractivity contribution in [1.82, 2.24) is 5.32 Å². The molecule has 0 aromatic heterocycles. The Bertz CT molecular complexity index is 1110. The van der Waals surface area contributed by atoms with Crippen molar-refractivity contribution in [2.45, 2.75) is 51.2 Å². The summed E-state index contributed by atoms with van der Waals surface area (Å²) in [4.78, 5) is 24.8. The molecule has 0 heterocycles. The van der Waals surface area contributed by atoms with Crippen LogP contribution in [0.2, 0.25) is 0 Å². The Morgan fingerprint density at radius 1 is 1.03 bits per heavy atom. The maximum atomic E-state index is 13.1. The molecule has 1 fully saturated rings. The van der Waals surface area contributed by atoms with Gasteiger partial charge in [-0.3, -0.25) is 4.79 Å². The highest BCUT2D eigenvalue weighted by molar-refractivity contribution is 6.05. The fraction of sp³-hybridized carbons (Fsp3) is 0.308. The van der Waals surface area contributed by atoms with Gasteiger partial charge in [0.15, 0.2) is 0 Å². The molecule has 2 N–H and O–H groups in total. The van der Waals surface area contributed by atoms with Crippen LogP contribution < -0.4 is 10.1 Å². The quantitative estimate of drug-likeness (QED) is 0.548. The maximum Gasteiger partial charge on any atom is 0.329 e. The largest absolute Gasteiger partial charge is 0.487 e. The van der Waals surface area contributed by atoms with Crippen LogP contribution in [0.4, 0.5) is 0 Å². The molecule has 5 heteroatoms. The number of rotatable bonds is 7. The molecule has 1 amide bonds. The van der Waals surface area contributed by atoms with Gasteiger partial charge < -0.3 is 15.2 Å². The highest BCUT2D eigenvalue weighted by Crippen LogP contribution is 2.35. The highest BCUT2D eigenvalue weighted by atomic mass is 16.5. The molecule has 1 aliphatic rings. The van der Waals surface area contributed by atoms with E-state index >= 15 is 0 Å². The average Bonchev–Trinajstić information content (AvgIpc) is 2.74. The SMILES string of the molecule is CC(C)c1ccc(COc2c(C(=O)NC3(C(=O)O)CCC3)ccc3ccccc23)cc1. The maximum absolute atomic E-state index is 13.1. The van der Waals surface area contributed by atoms with Crippen LogP contribution >= 0.6 is 0 Å². The van der Waals surface area contributed by atoms with Gasteiger partial charge in [0.1, 0.15) is 17.9 Å². The van der Waals surface area contributed by atoms with Gasteiger partial charge in [0.2, 0.25) is 0 Å². The number of carbonyl (C=O) groups excluding carboxylic acids is 1. The number of carboxylic acids is 1. The first-order valence-electron chi connectivity index (χ1n) is 10.7. The van der Waals surface area contributed by atoms with Crippen molar-refractivity contribution in [3.63, 3.8) is 0 Å². The lowest BCUT2D eigenvalue weighted by atomic mass is 9.76. The van der Waals surface area contributed by atoms with Crippen LogP contribution in [-0.4, -0.2) is 22.5 Å². The number of amides is 1. The number of hydrogen-bond acceptors (Lipinski definition) is 3. The number of hydrogen-bond donors (Lipinski definition) is 2. The lowest BCUT2D eigenvalue weighted by Crippen LogP contribution is -2.59. The van der Waals surface area contributed by atoms with E-state index in [1.807, 2.05) is 42.5 Å².